The van der Waals surface area contributed by atoms with Gasteiger partial charge in [0.2, 0.25) is 6.54 Å². The number of carbonyl (C=O) groups excluding carboxylic acids is 2. The molecule has 1 rings (SSSR count). The SMILES string of the molecule is C[C@@H](OC(=O)C[n+]1cccc(C(N)=O)c1)C(C)(C)C. The lowest BCUT2D eigenvalue weighted by Gasteiger charge is -2.26. The zero-order valence-electron chi connectivity index (χ0n) is 11.8. The van der Waals surface area contributed by atoms with Crippen LogP contribution in [0.1, 0.15) is 38.1 Å². The number of carbonyl (C=O) groups is 2. The number of pyridine rings is 1. The van der Waals surface area contributed by atoms with Gasteiger partial charge in [0, 0.05) is 6.07 Å². The lowest BCUT2D eigenvalue weighted by atomic mass is 9.90. The summed E-state index contributed by atoms with van der Waals surface area (Å²) in [4.78, 5) is 22.8. The fourth-order valence-electron chi connectivity index (χ4n) is 1.33. The van der Waals surface area contributed by atoms with Gasteiger partial charge in [-0.1, -0.05) is 20.8 Å². The molecule has 0 unspecified atom stereocenters. The van der Waals surface area contributed by atoms with E-state index < -0.39 is 5.91 Å². The predicted octanol–water partition coefficient (Wildman–Crippen LogP) is 1.05. The highest BCUT2D eigenvalue weighted by atomic mass is 16.5. The highest BCUT2D eigenvalue weighted by molar-refractivity contribution is 5.92. The van der Waals surface area contributed by atoms with E-state index in [0.717, 1.165) is 0 Å². The second-order valence-corrected chi connectivity index (χ2v) is 5.63. The Morgan fingerprint density at radius 1 is 1.42 bits per heavy atom. The van der Waals surface area contributed by atoms with Crippen molar-refractivity contribution in [1.29, 1.82) is 0 Å². The Hall–Kier alpha value is -1.91. The third-order valence-corrected chi connectivity index (χ3v) is 2.98. The summed E-state index contributed by atoms with van der Waals surface area (Å²) < 4.78 is 6.92. The summed E-state index contributed by atoms with van der Waals surface area (Å²) in [5.74, 6) is -0.861. The van der Waals surface area contributed by atoms with Gasteiger partial charge >= 0.3 is 5.97 Å². The Balaban J connectivity index is 2.67. The fourth-order valence-corrected chi connectivity index (χ4v) is 1.33. The van der Waals surface area contributed by atoms with Gasteiger partial charge in [-0.2, -0.15) is 4.57 Å². The summed E-state index contributed by atoms with van der Waals surface area (Å²) >= 11 is 0. The van der Waals surface area contributed by atoms with Gasteiger partial charge in [-0.15, -0.1) is 0 Å². The molecule has 0 saturated heterocycles. The van der Waals surface area contributed by atoms with Gasteiger partial charge in [-0.05, 0) is 18.4 Å². The van der Waals surface area contributed by atoms with Crippen LogP contribution in [0.25, 0.3) is 0 Å². The average molecular weight is 265 g/mol. The highest BCUT2D eigenvalue weighted by Crippen LogP contribution is 2.21. The third kappa shape index (κ3) is 4.69. The largest absolute Gasteiger partial charge is 0.457 e. The number of hydrogen-bond donors (Lipinski definition) is 1. The van der Waals surface area contributed by atoms with Crippen molar-refractivity contribution in [1.82, 2.24) is 0 Å². The third-order valence-electron chi connectivity index (χ3n) is 2.98. The summed E-state index contributed by atoms with van der Waals surface area (Å²) in [6.07, 6.45) is 3.04. The van der Waals surface area contributed by atoms with Gasteiger partial charge in [-0.25, -0.2) is 4.79 Å². The molecule has 1 aromatic rings. The molecule has 0 aromatic carbocycles. The number of rotatable bonds is 4. The fraction of sp³-hybridized carbons (Fsp3) is 0.500. The molecule has 1 heterocycles. The molecule has 5 heteroatoms. The van der Waals surface area contributed by atoms with Crippen molar-refractivity contribution in [2.75, 3.05) is 0 Å². The first-order valence-corrected chi connectivity index (χ1v) is 6.18. The van der Waals surface area contributed by atoms with Gasteiger partial charge in [0.1, 0.15) is 11.7 Å². The quantitative estimate of drug-likeness (QED) is 0.653. The Morgan fingerprint density at radius 2 is 2.05 bits per heavy atom. The minimum atomic E-state index is -0.522. The van der Waals surface area contributed by atoms with Crippen LogP contribution in [0.5, 0.6) is 0 Å². The predicted molar refractivity (Wildman–Crippen MR) is 70.2 cm³/mol. The molecule has 0 spiro atoms. The van der Waals surface area contributed by atoms with E-state index in [-0.39, 0.29) is 24.0 Å². The number of ether oxygens (including phenoxy) is 1. The Morgan fingerprint density at radius 3 is 2.58 bits per heavy atom. The minimum absolute atomic E-state index is 0.0571. The maximum absolute atomic E-state index is 11.8. The summed E-state index contributed by atoms with van der Waals surface area (Å²) in [6.45, 7) is 7.94. The lowest BCUT2D eigenvalue weighted by Crippen LogP contribution is -2.41. The molecular weight excluding hydrogens is 244 g/mol. The van der Waals surface area contributed by atoms with E-state index in [4.69, 9.17) is 10.5 Å². The first kappa shape index (κ1) is 15.1. The van der Waals surface area contributed by atoms with Crippen LogP contribution in [0.15, 0.2) is 24.5 Å². The molecule has 0 aliphatic heterocycles. The van der Waals surface area contributed by atoms with Gasteiger partial charge in [-0.3, -0.25) is 4.79 Å². The molecule has 1 amide bonds. The van der Waals surface area contributed by atoms with Crippen LogP contribution in [-0.2, 0) is 16.1 Å². The topological polar surface area (TPSA) is 73.3 Å². The summed E-state index contributed by atoms with van der Waals surface area (Å²) in [5, 5.41) is 0. The molecule has 0 aliphatic rings. The lowest BCUT2D eigenvalue weighted by molar-refractivity contribution is -0.686. The molecule has 19 heavy (non-hydrogen) atoms. The van der Waals surface area contributed by atoms with Crippen LogP contribution >= 0.6 is 0 Å². The molecule has 5 nitrogen and oxygen atoms in total. The first-order valence-electron chi connectivity index (χ1n) is 6.18. The van der Waals surface area contributed by atoms with Crippen LogP contribution in [0.3, 0.4) is 0 Å². The number of primary amides is 1. The van der Waals surface area contributed by atoms with Crippen LogP contribution in [0.2, 0.25) is 0 Å². The van der Waals surface area contributed by atoms with Crippen molar-refractivity contribution in [3.05, 3.63) is 30.1 Å². The summed E-state index contributed by atoms with van der Waals surface area (Å²) in [5.41, 5.74) is 5.44. The van der Waals surface area contributed by atoms with E-state index >= 15 is 0 Å². The Kier molecular flexibility index (Phi) is 4.64. The molecule has 1 aromatic heterocycles. The molecule has 2 N–H and O–H groups in total. The monoisotopic (exact) mass is 265 g/mol. The first-order chi connectivity index (χ1) is 8.70. The van der Waals surface area contributed by atoms with Crippen molar-refractivity contribution in [3.8, 4) is 0 Å². The van der Waals surface area contributed by atoms with E-state index in [9.17, 15) is 9.59 Å². The molecule has 0 bridgehead atoms. The maximum atomic E-state index is 11.8. The Labute approximate surface area is 113 Å². The summed E-state index contributed by atoms with van der Waals surface area (Å²) in [6, 6.07) is 3.27. The van der Waals surface area contributed by atoms with E-state index in [1.165, 1.54) is 6.20 Å². The van der Waals surface area contributed by atoms with Gasteiger partial charge in [0.15, 0.2) is 12.4 Å². The number of amides is 1. The number of nitrogens with zero attached hydrogens (tertiary/aromatic N) is 1. The molecule has 0 saturated carbocycles. The zero-order chi connectivity index (χ0) is 14.6. The number of nitrogens with two attached hydrogens (primary N) is 1. The molecule has 0 fully saturated rings. The number of aromatic nitrogens is 1. The second kappa shape index (κ2) is 5.82. The van der Waals surface area contributed by atoms with E-state index in [2.05, 4.69) is 0 Å². The van der Waals surface area contributed by atoms with E-state index in [1.54, 1.807) is 22.9 Å². The average Bonchev–Trinajstić information content (AvgIpc) is 2.27. The van der Waals surface area contributed by atoms with Crippen LogP contribution < -0.4 is 10.3 Å². The zero-order valence-corrected chi connectivity index (χ0v) is 11.8. The number of esters is 1. The highest BCUT2D eigenvalue weighted by Gasteiger charge is 2.25. The van der Waals surface area contributed by atoms with Crippen LogP contribution in [-0.4, -0.2) is 18.0 Å². The summed E-state index contributed by atoms with van der Waals surface area (Å²) in [7, 11) is 0. The normalized spacial score (nSPS) is 12.8. The standard InChI is InChI=1S/C14H20N2O3/c1-10(14(2,3)4)19-12(17)9-16-7-5-6-11(8-16)13(15)18/h5-8,10H,9H2,1-4H3,(H-,15,18)/p+1/t10-/m1/s1. The molecular formula is C14H21N2O3+. The van der Waals surface area contributed by atoms with Crippen molar-refractivity contribution >= 4 is 11.9 Å². The minimum Gasteiger partial charge on any atom is -0.457 e. The Bertz CT molecular complexity index is 478. The number of hydrogen-bond acceptors (Lipinski definition) is 3. The van der Waals surface area contributed by atoms with Crippen molar-refractivity contribution in [3.63, 3.8) is 0 Å². The van der Waals surface area contributed by atoms with E-state index in [1.807, 2.05) is 27.7 Å². The molecule has 1 atom stereocenters. The van der Waals surface area contributed by atoms with Crippen molar-refractivity contribution in [2.45, 2.75) is 40.3 Å². The van der Waals surface area contributed by atoms with Crippen molar-refractivity contribution < 1.29 is 18.9 Å². The van der Waals surface area contributed by atoms with Crippen LogP contribution in [0, 0.1) is 5.41 Å². The second-order valence-electron chi connectivity index (χ2n) is 5.63. The molecule has 0 radical (unpaired) electrons. The maximum Gasteiger partial charge on any atom is 0.372 e. The van der Waals surface area contributed by atoms with Crippen LogP contribution in [0.4, 0.5) is 0 Å². The van der Waals surface area contributed by atoms with Gasteiger partial charge in [0.05, 0.1) is 0 Å². The van der Waals surface area contributed by atoms with Gasteiger partial charge < -0.3 is 10.5 Å². The molecule has 104 valence electrons. The van der Waals surface area contributed by atoms with E-state index in [0.29, 0.717) is 5.56 Å². The smallest absolute Gasteiger partial charge is 0.372 e. The van der Waals surface area contributed by atoms with Gasteiger partial charge in [0.25, 0.3) is 5.91 Å². The van der Waals surface area contributed by atoms with Crippen molar-refractivity contribution in [2.24, 2.45) is 11.1 Å². The molecule has 0 aliphatic carbocycles.